The molecule has 0 bridgehead atoms. The Bertz CT molecular complexity index is 631. The van der Waals surface area contributed by atoms with Gasteiger partial charge in [0.1, 0.15) is 11.8 Å². The van der Waals surface area contributed by atoms with Crippen molar-refractivity contribution >= 4 is 40.9 Å². The third-order valence-corrected chi connectivity index (χ3v) is 4.38. The first-order valence-electron chi connectivity index (χ1n) is 6.05. The van der Waals surface area contributed by atoms with Crippen LogP contribution in [0.3, 0.4) is 0 Å². The number of carbonyl (C=O) groups is 1. The number of hydrogen-bond acceptors (Lipinski definition) is 4. The zero-order chi connectivity index (χ0) is 15.4. The topological polar surface area (TPSA) is 62.5 Å². The zero-order valence-corrected chi connectivity index (χ0v) is 13.4. The minimum absolute atomic E-state index is 0.256. The van der Waals surface area contributed by atoms with Crippen molar-refractivity contribution in [3.63, 3.8) is 0 Å². The third kappa shape index (κ3) is 3.74. The first-order chi connectivity index (χ1) is 10.1. The van der Waals surface area contributed by atoms with Crippen LogP contribution in [0.1, 0.15) is 22.2 Å². The van der Waals surface area contributed by atoms with Crippen LogP contribution in [0.15, 0.2) is 39.8 Å². The lowest BCUT2D eigenvalue weighted by molar-refractivity contribution is 0.0907. The van der Waals surface area contributed by atoms with Crippen molar-refractivity contribution < 1.29 is 14.3 Å². The highest BCUT2D eigenvalue weighted by Gasteiger charge is 2.20. The molecule has 0 radical (unpaired) electrons. The summed E-state index contributed by atoms with van der Waals surface area (Å²) >= 11 is 13.5. The Morgan fingerprint density at radius 1 is 1.43 bits per heavy atom. The predicted molar refractivity (Wildman–Crippen MR) is 84.2 cm³/mol. The molecule has 0 aliphatic rings. The second-order valence-electron chi connectivity index (χ2n) is 4.19. The maximum absolute atomic E-state index is 12.3. The van der Waals surface area contributed by atoms with E-state index in [0.29, 0.717) is 16.3 Å². The van der Waals surface area contributed by atoms with E-state index in [9.17, 15) is 9.90 Å². The lowest BCUT2D eigenvalue weighted by Gasteiger charge is -2.15. The van der Waals surface area contributed by atoms with Crippen molar-refractivity contribution in [2.45, 2.75) is 10.9 Å². The van der Waals surface area contributed by atoms with Gasteiger partial charge >= 0.3 is 0 Å². The minimum Gasteiger partial charge on any atom is -0.467 e. The lowest BCUT2D eigenvalue weighted by Crippen LogP contribution is -2.30. The van der Waals surface area contributed by atoms with Gasteiger partial charge in [0.05, 0.1) is 28.5 Å². The molecule has 1 aromatic carbocycles. The molecule has 21 heavy (non-hydrogen) atoms. The van der Waals surface area contributed by atoms with Gasteiger partial charge in [-0.25, -0.2) is 0 Å². The molecule has 0 fully saturated rings. The molecular formula is C14H13Cl2NO3S. The van der Waals surface area contributed by atoms with Crippen LogP contribution in [0.25, 0.3) is 0 Å². The molecule has 112 valence electrons. The second-order valence-corrected chi connectivity index (χ2v) is 5.85. The van der Waals surface area contributed by atoms with Crippen LogP contribution in [0, 0.1) is 0 Å². The number of benzene rings is 1. The molecule has 4 nitrogen and oxygen atoms in total. The summed E-state index contributed by atoms with van der Waals surface area (Å²) in [6.45, 7) is -0.278. The highest BCUT2D eigenvalue weighted by Crippen LogP contribution is 2.31. The molecule has 1 amide bonds. The summed E-state index contributed by atoms with van der Waals surface area (Å²) in [4.78, 5) is 13.1. The monoisotopic (exact) mass is 345 g/mol. The van der Waals surface area contributed by atoms with Gasteiger partial charge in [0, 0.05) is 4.90 Å². The second kappa shape index (κ2) is 7.22. The van der Waals surface area contributed by atoms with Gasteiger partial charge in [0.15, 0.2) is 0 Å². The van der Waals surface area contributed by atoms with Crippen LogP contribution in [0.2, 0.25) is 10.0 Å². The van der Waals surface area contributed by atoms with Gasteiger partial charge in [-0.05, 0) is 30.5 Å². The van der Waals surface area contributed by atoms with E-state index >= 15 is 0 Å². The van der Waals surface area contributed by atoms with Crippen LogP contribution in [-0.2, 0) is 0 Å². The number of amides is 1. The Kier molecular flexibility index (Phi) is 5.58. The fourth-order valence-electron chi connectivity index (χ4n) is 1.79. The number of rotatable bonds is 5. The van der Waals surface area contributed by atoms with Gasteiger partial charge in [-0.15, -0.1) is 11.8 Å². The molecule has 1 unspecified atom stereocenters. The number of aliphatic hydroxyl groups is 1. The number of hydrogen-bond donors (Lipinski definition) is 2. The van der Waals surface area contributed by atoms with Gasteiger partial charge in [-0.2, -0.15) is 0 Å². The molecule has 2 N–H and O–H groups in total. The van der Waals surface area contributed by atoms with E-state index in [1.165, 1.54) is 24.1 Å². The summed E-state index contributed by atoms with van der Waals surface area (Å²) in [6.07, 6.45) is 3.33. The van der Waals surface area contributed by atoms with Gasteiger partial charge in [-0.3, -0.25) is 4.79 Å². The highest BCUT2D eigenvalue weighted by molar-refractivity contribution is 7.98. The van der Waals surface area contributed by atoms with E-state index in [2.05, 4.69) is 5.32 Å². The molecule has 1 atom stereocenters. The molecule has 0 saturated carbocycles. The van der Waals surface area contributed by atoms with Crippen LogP contribution in [0.5, 0.6) is 0 Å². The Labute approximate surface area is 136 Å². The molecule has 1 aromatic heterocycles. The molecular weight excluding hydrogens is 333 g/mol. The quantitative estimate of drug-likeness (QED) is 0.809. The largest absolute Gasteiger partial charge is 0.467 e. The number of halogens is 2. The summed E-state index contributed by atoms with van der Waals surface area (Å²) in [5, 5.41) is 12.8. The summed E-state index contributed by atoms with van der Waals surface area (Å²) < 4.78 is 5.18. The van der Waals surface area contributed by atoms with Crippen molar-refractivity contribution in [2.75, 3.05) is 12.9 Å². The number of thioether (sulfide) groups is 1. The van der Waals surface area contributed by atoms with Gasteiger partial charge in [0.2, 0.25) is 0 Å². The molecule has 2 aromatic rings. The van der Waals surface area contributed by atoms with Crippen LogP contribution >= 0.6 is 35.0 Å². The summed E-state index contributed by atoms with van der Waals surface area (Å²) in [5.74, 6) is 0.0726. The SMILES string of the molecule is CSc1cc(C(=O)NC(CO)c2ccco2)c(Cl)cc1Cl. The van der Waals surface area contributed by atoms with E-state index in [1.54, 1.807) is 18.2 Å². The van der Waals surface area contributed by atoms with E-state index in [0.717, 1.165) is 4.90 Å². The van der Waals surface area contributed by atoms with Gasteiger partial charge in [0.25, 0.3) is 5.91 Å². The third-order valence-electron chi connectivity index (χ3n) is 2.86. The highest BCUT2D eigenvalue weighted by atomic mass is 35.5. The molecule has 0 aliphatic heterocycles. The Morgan fingerprint density at radius 2 is 2.19 bits per heavy atom. The lowest BCUT2D eigenvalue weighted by atomic mass is 10.1. The number of nitrogens with one attached hydrogen (secondary N) is 1. The Hall–Kier alpha value is -1.14. The fourth-order valence-corrected chi connectivity index (χ4v) is 2.98. The van der Waals surface area contributed by atoms with Crippen molar-refractivity contribution in [2.24, 2.45) is 0 Å². The van der Waals surface area contributed by atoms with Gasteiger partial charge in [-0.1, -0.05) is 23.2 Å². The van der Waals surface area contributed by atoms with E-state index in [1.807, 2.05) is 6.26 Å². The molecule has 0 saturated heterocycles. The van der Waals surface area contributed by atoms with Crippen LogP contribution in [0.4, 0.5) is 0 Å². The summed E-state index contributed by atoms with van der Waals surface area (Å²) in [5.41, 5.74) is 0.301. The predicted octanol–water partition coefficient (Wildman–Crippen LogP) is 3.77. The Balaban J connectivity index is 2.24. The Morgan fingerprint density at radius 3 is 2.76 bits per heavy atom. The van der Waals surface area contributed by atoms with Crippen molar-refractivity contribution in [3.8, 4) is 0 Å². The van der Waals surface area contributed by atoms with Crippen molar-refractivity contribution in [1.82, 2.24) is 5.32 Å². The molecule has 0 aliphatic carbocycles. The normalized spacial score (nSPS) is 12.2. The minimum atomic E-state index is -0.628. The average Bonchev–Trinajstić information content (AvgIpc) is 2.98. The number of carbonyl (C=O) groups excluding carboxylic acids is 1. The number of aliphatic hydroxyl groups excluding tert-OH is 1. The van der Waals surface area contributed by atoms with E-state index in [-0.39, 0.29) is 11.6 Å². The average molecular weight is 346 g/mol. The number of furan rings is 1. The fraction of sp³-hybridized carbons (Fsp3) is 0.214. The first kappa shape index (κ1) is 16.2. The van der Waals surface area contributed by atoms with Crippen molar-refractivity contribution in [3.05, 3.63) is 51.9 Å². The first-order valence-corrected chi connectivity index (χ1v) is 8.03. The molecule has 0 spiro atoms. The van der Waals surface area contributed by atoms with Crippen molar-refractivity contribution in [1.29, 1.82) is 0 Å². The maximum atomic E-state index is 12.3. The van der Waals surface area contributed by atoms with E-state index in [4.69, 9.17) is 27.6 Å². The molecule has 1 heterocycles. The van der Waals surface area contributed by atoms with Crippen LogP contribution in [-0.4, -0.2) is 23.9 Å². The summed E-state index contributed by atoms with van der Waals surface area (Å²) in [7, 11) is 0. The maximum Gasteiger partial charge on any atom is 0.253 e. The van der Waals surface area contributed by atoms with Gasteiger partial charge < -0.3 is 14.8 Å². The standard InChI is InChI=1S/C14H13Cl2NO3S/c1-21-13-5-8(9(15)6-10(13)16)14(19)17-11(7-18)12-3-2-4-20-12/h2-6,11,18H,7H2,1H3,(H,17,19). The smallest absolute Gasteiger partial charge is 0.253 e. The molecule has 2 rings (SSSR count). The van der Waals surface area contributed by atoms with E-state index < -0.39 is 11.9 Å². The summed E-state index contributed by atoms with van der Waals surface area (Å²) in [6, 6.07) is 5.90. The molecule has 7 heteroatoms. The zero-order valence-electron chi connectivity index (χ0n) is 11.1. The van der Waals surface area contributed by atoms with Crippen LogP contribution < -0.4 is 5.32 Å².